The molecule has 1 unspecified atom stereocenters. The highest BCUT2D eigenvalue weighted by Gasteiger charge is 2.20. The van der Waals surface area contributed by atoms with Crippen LogP contribution in [-0.4, -0.2) is 28.1 Å². The summed E-state index contributed by atoms with van der Waals surface area (Å²) in [5.74, 6) is -1.42. The average Bonchev–Trinajstić information content (AvgIpc) is 3.28. The summed E-state index contributed by atoms with van der Waals surface area (Å²) in [6.45, 7) is 3.73. The quantitative estimate of drug-likeness (QED) is 0.390. The number of hydrogen-bond acceptors (Lipinski definition) is 5. The zero-order valence-electron chi connectivity index (χ0n) is 17.0. The van der Waals surface area contributed by atoms with Gasteiger partial charge in [0.15, 0.2) is 0 Å². The van der Waals surface area contributed by atoms with Crippen molar-refractivity contribution in [1.29, 1.82) is 0 Å². The molecule has 1 heterocycles. The Hall–Kier alpha value is -3.10. The van der Waals surface area contributed by atoms with Gasteiger partial charge in [0, 0.05) is 16.3 Å². The fourth-order valence-corrected chi connectivity index (χ4v) is 4.47. The molecule has 3 aromatic rings. The topological polar surface area (TPSA) is 95.5 Å². The van der Waals surface area contributed by atoms with Gasteiger partial charge in [-0.25, -0.2) is 4.79 Å². The molecule has 1 atom stereocenters. The lowest BCUT2D eigenvalue weighted by Gasteiger charge is -2.17. The smallest absolute Gasteiger partial charge is 0.335 e. The third-order valence-electron chi connectivity index (χ3n) is 4.52. The minimum absolute atomic E-state index is 0.121. The minimum atomic E-state index is -1.04. The zero-order valence-corrected chi connectivity index (χ0v) is 18.7. The molecule has 0 spiro atoms. The Bertz CT molecular complexity index is 1100. The van der Waals surface area contributed by atoms with Gasteiger partial charge in [-0.05, 0) is 60.7 Å². The van der Waals surface area contributed by atoms with Crippen molar-refractivity contribution in [2.45, 2.75) is 30.4 Å². The number of hydrogen-bond donors (Lipinski definition) is 3. The summed E-state index contributed by atoms with van der Waals surface area (Å²) in [5.41, 5.74) is 2.05. The lowest BCUT2D eigenvalue weighted by molar-refractivity contribution is -0.115. The molecule has 31 heavy (non-hydrogen) atoms. The number of aryl methyl sites for hydroxylation is 1. The van der Waals surface area contributed by atoms with E-state index in [9.17, 15) is 19.5 Å². The Labute approximate surface area is 188 Å². The van der Waals surface area contributed by atoms with Crippen LogP contribution in [0.2, 0.25) is 0 Å². The molecule has 0 radical (unpaired) electrons. The Morgan fingerprint density at radius 2 is 1.87 bits per heavy atom. The van der Waals surface area contributed by atoms with E-state index in [1.165, 1.54) is 35.2 Å². The third kappa shape index (κ3) is 5.96. The second-order valence-electron chi connectivity index (χ2n) is 6.80. The highest BCUT2D eigenvalue weighted by atomic mass is 32.2. The number of benzene rings is 2. The molecule has 0 fully saturated rings. The lowest BCUT2D eigenvalue weighted by atomic mass is 10.1. The van der Waals surface area contributed by atoms with Gasteiger partial charge in [0.25, 0.3) is 5.91 Å². The molecule has 0 aliphatic carbocycles. The maximum absolute atomic E-state index is 12.9. The highest BCUT2D eigenvalue weighted by Crippen LogP contribution is 2.29. The van der Waals surface area contributed by atoms with E-state index in [1.807, 2.05) is 43.5 Å². The fraction of sp³-hybridized carbons (Fsp3) is 0.174. The number of carboxylic acids is 1. The molecule has 0 aliphatic heterocycles. The fourth-order valence-electron chi connectivity index (χ4n) is 2.84. The molecule has 3 rings (SSSR count). The first-order chi connectivity index (χ1) is 14.9. The summed E-state index contributed by atoms with van der Waals surface area (Å²) >= 11 is 2.76. The Balaban J connectivity index is 1.69. The van der Waals surface area contributed by atoms with Crippen molar-refractivity contribution in [3.05, 3.63) is 76.0 Å². The standard InChI is InChI=1S/C23H22N2O4S2/c1-3-19(21(26)25-18-12-15(23(28)29)10-9-14(18)2)31-17-7-4-6-16(13-17)24-22(27)20-8-5-11-30-20/h4-13,19H,3H2,1-2H3,(H,24,27)(H,25,26)(H,28,29). The van der Waals surface area contributed by atoms with Crippen LogP contribution in [0, 0.1) is 6.92 Å². The first-order valence-corrected chi connectivity index (χ1v) is 11.4. The van der Waals surface area contributed by atoms with E-state index in [4.69, 9.17) is 0 Å². The van der Waals surface area contributed by atoms with Gasteiger partial charge in [-0.3, -0.25) is 9.59 Å². The van der Waals surface area contributed by atoms with Gasteiger partial charge in [-0.1, -0.05) is 25.1 Å². The largest absolute Gasteiger partial charge is 0.478 e. The summed E-state index contributed by atoms with van der Waals surface area (Å²) in [5, 5.41) is 16.4. The van der Waals surface area contributed by atoms with Crippen LogP contribution in [0.25, 0.3) is 0 Å². The molecule has 0 saturated carbocycles. The molecule has 6 nitrogen and oxygen atoms in total. The molecule has 0 saturated heterocycles. The number of thioether (sulfide) groups is 1. The van der Waals surface area contributed by atoms with Crippen LogP contribution in [0.4, 0.5) is 11.4 Å². The normalized spacial score (nSPS) is 11.5. The van der Waals surface area contributed by atoms with E-state index in [0.717, 1.165) is 10.5 Å². The van der Waals surface area contributed by atoms with E-state index in [1.54, 1.807) is 18.2 Å². The Kier molecular flexibility index (Phi) is 7.49. The lowest BCUT2D eigenvalue weighted by Crippen LogP contribution is -2.25. The SMILES string of the molecule is CCC(Sc1cccc(NC(=O)c2cccs2)c1)C(=O)Nc1cc(C(=O)O)ccc1C. The first-order valence-electron chi connectivity index (χ1n) is 9.63. The first kappa shape index (κ1) is 22.6. The van der Waals surface area contributed by atoms with Crippen molar-refractivity contribution >= 4 is 52.3 Å². The second kappa shape index (κ2) is 10.3. The number of nitrogens with one attached hydrogen (secondary N) is 2. The number of thiophene rings is 1. The van der Waals surface area contributed by atoms with Crippen LogP contribution < -0.4 is 10.6 Å². The van der Waals surface area contributed by atoms with Crippen molar-refractivity contribution in [2.75, 3.05) is 10.6 Å². The molecule has 2 aromatic carbocycles. The van der Waals surface area contributed by atoms with Crippen molar-refractivity contribution in [3.63, 3.8) is 0 Å². The van der Waals surface area contributed by atoms with Gasteiger partial charge in [-0.15, -0.1) is 23.1 Å². The molecule has 3 N–H and O–H groups in total. The third-order valence-corrected chi connectivity index (χ3v) is 6.75. The van der Waals surface area contributed by atoms with E-state index < -0.39 is 5.97 Å². The summed E-state index contributed by atoms with van der Waals surface area (Å²) in [6, 6.07) is 15.6. The van der Waals surface area contributed by atoms with Crippen molar-refractivity contribution < 1.29 is 19.5 Å². The highest BCUT2D eigenvalue weighted by molar-refractivity contribution is 8.00. The van der Waals surface area contributed by atoms with Gasteiger partial charge < -0.3 is 15.7 Å². The van der Waals surface area contributed by atoms with E-state index in [2.05, 4.69) is 10.6 Å². The monoisotopic (exact) mass is 454 g/mol. The summed E-state index contributed by atoms with van der Waals surface area (Å²) in [6.07, 6.45) is 0.583. The summed E-state index contributed by atoms with van der Waals surface area (Å²) in [4.78, 5) is 37.8. The van der Waals surface area contributed by atoms with Crippen LogP contribution in [0.5, 0.6) is 0 Å². The zero-order chi connectivity index (χ0) is 22.4. The number of anilines is 2. The Morgan fingerprint density at radius 1 is 1.06 bits per heavy atom. The predicted octanol–water partition coefficient (Wildman–Crippen LogP) is 5.52. The van der Waals surface area contributed by atoms with Gasteiger partial charge >= 0.3 is 5.97 Å². The van der Waals surface area contributed by atoms with E-state index in [0.29, 0.717) is 22.7 Å². The molecule has 0 bridgehead atoms. The minimum Gasteiger partial charge on any atom is -0.478 e. The molecule has 160 valence electrons. The van der Waals surface area contributed by atoms with Crippen LogP contribution in [0.15, 0.2) is 64.9 Å². The van der Waals surface area contributed by atoms with Crippen LogP contribution in [0.3, 0.4) is 0 Å². The summed E-state index contributed by atoms with van der Waals surface area (Å²) in [7, 11) is 0. The maximum atomic E-state index is 12.9. The number of carbonyl (C=O) groups is 3. The van der Waals surface area contributed by atoms with Crippen molar-refractivity contribution in [3.8, 4) is 0 Å². The van der Waals surface area contributed by atoms with Gasteiger partial charge in [0.2, 0.25) is 5.91 Å². The van der Waals surface area contributed by atoms with Gasteiger partial charge in [-0.2, -0.15) is 0 Å². The second-order valence-corrected chi connectivity index (χ2v) is 9.02. The molecule has 1 aromatic heterocycles. The number of carboxylic acid groups (broad SMARTS) is 1. The number of carbonyl (C=O) groups excluding carboxylic acids is 2. The summed E-state index contributed by atoms with van der Waals surface area (Å²) < 4.78 is 0. The average molecular weight is 455 g/mol. The Morgan fingerprint density at radius 3 is 2.55 bits per heavy atom. The van der Waals surface area contributed by atoms with Crippen LogP contribution in [-0.2, 0) is 4.79 Å². The molecule has 0 aliphatic rings. The molecular formula is C23H22N2O4S2. The van der Waals surface area contributed by atoms with Crippen LogP contribution in [0.1, 0.15) is 38.9 Å². The number of aromatic carboxylic acids is 1. The maximum Gasteiger partial charge on any atom is 0.335 e. The van der Waals surface area contributed by atoms with Crippen molar-refractivity contribution in [1.82, 2.24) is 0 Å². The van der Waals surface area contributed by atoms with Gasteiger partial charge in [0.05, 0.1) is 15.7 Å². The molecule has 8 heteroatoms. The number of rotatable bonds is 8. The van der Waals surface area contributed by atoms with Crippen LogP contribution >= 0.6 is 23.1 Å². The van der Waals surface area contributed by atoms with Gasteiger partial charge in [0.1, 0.15) is 0 Å². The predicted molar refractivity (Wildman–Crippen MR) is 125 cm³/mol. The molecule has 2 amide bonds. The van der Waals surface area contributed by atoms with E-state index >= 15 is 0 Å². The molecular weight excluding hydrogens is 432 g/mol. The van der Waals surface area contributed by atoms with E-state index in [-0.39, 0.29) is 22.6 Å². The number of amides is 2. The van der Waals surface area contributed by atoms with Crippen molar-refractivity contribution in [2.24, 2.45) is 0 Å².